The fraction of sp³-hybridized carbons (Fsp3) is 0.222. The average molecular weight is 261 g/mol. The van der Waals surface area contributed by atoms with Gasteiger partial charge in [-0.3, -0.25) is 0 Å². The first-order chi connectivity index (χ1) is 5.34. The fourth-order valence-corrected chi connectivity index (χ4v) is 1.49. The van der Waals surface area contributed by atoms with Crippen molar-refractivity contribution in [2.24, 2.45) is 0 Å². The molecule has 0 unspecified atom stereocenters. The van der Waals surface area contributed by atoms with Crippen molar-refractivity contribution >= 4 is 22.6 Å². The van der Waals surface area contributed by atoms with Crippen molar-refractivity contribution in [3.8, 4) is 0 Å². The van der Waals surface area contributed by atoms with E-state index in [1.807, 2.05) is 18.6 Å². The van der Waals surface area contributed by atoms with E-state index in [1.165, 1.54) is 9.13 Å². The molecule has 0 saturated carbocycles. The second-order valence-electron chi connectivity index (χ2n) is 2.27. The molecule has 11 heavy (non-hydrogen) atoms. The standard InChI is InChI=1S/C9H10IO/c10-9-6-2-1-4-8(9)5-3-7-11/h1-4,6,11H,5,7H2. The van der Waals surface area contributed by atoms with E-state index in [-0.39, 0.29) is 6.61 Å². The van der Waals surface area contributed by atoms with Crippen LogP contribution in [0, 0.1) is 9.99 Å². The number of rotatable bonds is 3. The Kier molecular flexibility index (Phi) is 3.86. The molecule has 1 rings (SSSR count). The molecule has 0 saturated heterocycles. The highest BCUT2D eigenvalue weighted by atomic mass is 127. The minimum atomic E-state index is 0.158. The van der Waals surface area contributed by atoms with Crippen LogP contribution in [-0.2, 0) is 6.42 Å². The lowest BCUT2D eigenvalue weighted by Crippen LogP contribution is -1.92. The third kappa shape index (κ3) is 2.79. The number of hydrogen-bond donors (Lipinski definition) is 1. The summed E-state index contributed by atoms with van der Waals surface area (Å²) in [4.78, 5) is 0. The molecule has 0 aliphatic heterocycles. The molecule has 1 aromatic carbocycles. The van der Waals surface area contributed by atoms with E-state index in [4.69, 9.17) is 5.11 Å². The van der Waals surface area contributed by atoms with Crippen molar-refractivity contribution in [2.75, 3.05) is 6.61 Å². The van der Waals surface area contributed by atoms with Crippen molar-refractivity contribution < 1.29 is 5.11 Å². The molecule has 0 heterocycles. The molecular formula is C9H10IO. The quantitative estimate of drug-likeness (QED) is 0.825. The highest BCUT2D eigenvalue weighted by molar-refractivity contribution is 14.1. The summed E-state index contributed by atoms with van der Waals surface area (Å²) in [7, 11) is 0. The van der Waals surface area contributed by atoms with Crippen LogP contribution in [0.15, 0.2) is 24.3 Å². The molecule has 2 heteroatoms. The summed E-state index contributed by atoms with van der Waals surface area (Å²) in [5, 5.41) is 8.56. The van der Waals surface area contributed by atoms with Crippen LogP contribution in [0.25, 0.3) is 0 Å². The first-order valence-corrected chi connectivity index (χ1v) is 4.58. The van der Waals surface area contributed by atoms with Crippen LogP contribution in [0.1, 0.15) is 5.56 Å². The lowest BCUT2D eigenvalue weighted by molar-refractivity contribution is 0.325. The van der Waals surface area contributed by atoms with E-state index in [0.29, 0.717) is 0 Å². The van der Waals surface area contributed by atoms with Crippen LogP contribution >= 0.6 is 22.6 Å². The minimum absolute atomic E-state index is 0.158. The molecule has 1 N–H and O–H groups in total. The van der Waals surface area contributed by atoms with Gasteiger partial charge in [0, 0.05) is 10.2 Å². The van der Waals surface area contributed by atoms with Gasteiger partial charge in [0.1, 0.15) is 0 Å². The summed E-state index contributed by atoms with van der Waals surface area (Å²) < 4.78 is 1.26. The Labute approximate surface area is 80.6 Å². The molecule has 0 aliphatic carbocycles. The zero-order chi connectivity index (χ0) is 8.10. The number of hydrogen-bond acceptors (Lipinski definition) is 1. The summed E-state index contributed by atoms with van der Waals surface area (Å²) in [6, 6.07) is 8.18. The van der Waals surface area contributed by atoms with E-state index in [9.17, 15) is 0 Å². The number of aliphatic hydroxyl groups excluding tert-OH is 1. The lowest BCUT2D eigenvalue weighted by atomic mass is 10.1. The summed E-state index contributed by atoms with van der Waals surface area (Å²) >= 11 is 2.30. The van der Waals surface area contributed by atoms with Gasteiger partial charge in [-0.1, -0.05) is 18.2 Å². The van der Waals surface area contributed by atoms with E-state index in [1.54, 1.807) is 0 Å². The second-order valence-corrected chi connectivity index (χ2v) is 3.43. The molecule has 1 radical (unpaired) electrons. The van der Waals surface area contributed by atoms with Gasteiger partial charge in [0.2, 0.25) is 0 Å². The van der Waals surface area contributed by atoms with Crippen molar-refractivity contribution in [1.82, 2.24) is 0 Å². The van der Waals surface area contributed by atoms with Gasteiger partial charge in [-0.2, -0.15) is 0 Å². The number of benzene rings is 1. The van der Waals surface area contributed by atoms with Crippen LogP contribution in [0.2, 0.25) is 0 Å². The zero-order valence-electron chi connectivity index (χ0n) is 6.13. The van der Waals surface area contributed by atoms with Crippen LogP contribution < -0.4 is 0 Å². The first kappa shape index (κ1) is 9.00. The van der Waals surface area contributed by atoms with E-state index >= 15 is 0 Å². The summed E-state index contributed by atoms with van der Waals surface area (Å²) in [5.41, 5.74) is 1.28. The van der Waals surface area contributed by atoms with Gasteiger partial charge >= 0.3 is 0 Å². The Morgan fingerprint density at radius 2 is 2.09 bits per heavy atom. The number of halogens is 1. The van der Waals surface area contributed by atoms with Gasteiger partial charge in [0.05, 0.1) is 0 Å². The van der Waals surface area contributed by atoms with Gasteiger partial charge in [0.15, 0.2) is 0 Å². The fourth-order valence-electron chi connectivity index (χ4n) is 0.884. The maximum absolute atomic E-state index is 8.56. The smallest absolute Gasteiger partial charge is 0.0466 e. The van der Waals surface area contributed by atoms with Crippen molar-refractivity contribution in [2.45, 2.75) is 6.42 Å². The molecule has 0 spiro atoms. The zero-order valence-corrected chi connectivity index (χ0v) is 8.28. The van der Waals surface area contributed by atoms with E-state index in [2.05, 4.69) is 34.7 Å². The van der Waals surface area contributed by atoms with Gasteiger partial charge in [-0.25, -0.2) is 0 Å². The third-order valence-electron chi connectivity index (χ3n) is 1.45. The maximum Gasteiger partial charge on any atom is 0.0466 e. The molecular weight excluding hydrogens is 251 g/mol. The first-order valence-electron chi connectivity index (χ1n) is 3.50. The summed E-state index contributed by atoms with van der Waals surface area (Å²) in [6.07, 6.45) is 2.72. The van der Waals surface area contributed by atoms with Crippen LogP contribution in [0.3, 0.4) is 0 Å². The summed E-state index contributed by atoms with van der Waals surface area (Å²) in [6.45, 7) is 0.158. The van der Waals surface area contributed by atoms with Crippen LogP contribution in [0.4, 0.5) is 0 Å². The van der Waals surface area contributed by atoms with Crippen molar-refractivity contribution in [3.05, 3.63) is 39.8 Å². The molecule has 0 bridgehead atoms. The largest absolute Gasteiger partial charge is 0.396 e. The van der Waals surface area contributed by atoms with E-state index in [0.717, 1.165) is 6.42 Å². The lowest BCUT2D eigenvalue weighted by Gasteiger charge is -2.00. The highest BCUT2D eigenvalue weighted by Crippen LogP contribution is 2.12. The van der Waals surface area contributed by atoms with E-state index < -0.39 is 0 Å². The van der Waals surface area contributed by atoms with Crippen LogP contribution in [0.5, 0.6) is 0 Å². The predicted molar refractivity (Wildman–Crippen MR) is 54.2 cm³/mol. The maximum atomic E-state index is 8.56. The molecule has 1 aromatic rings. The van der Waals surface area contributed by atoms with Gasteiger partial charge in [-0.15, -0.1) is 0 Å². The molecule has 1 nitrogen and oxygen atoms in total. The van der Waals surface area contributed by atoms with Gasteiger partial charge in [-0.05, 0) is 47.1 Å². The molecule has 0 amide bonds. The normalized spacial score (nSPS) is 10.0. The van der Waals surface area contributed by atoms with Crippen LogP contribution in [-0.4, -0.2) is 11.7 Å². The molecule has 0 fully saturated rings. The Morgan fingerprint density at radius 1 is 1.36 bits per heavy atom. The molecule has 59 valence electrons. The SMILES string of the molecule is OC[CH]Cc1ccccc1I. The third-order valence-corrected chi connectivity index (χ3v) is 2.50. The molecule has 0 aromatic heterocycles. The second kappa shape index (κ2) is 4.72. The Balaban J connectivity index is 2.62. The Hall–Kier alpha value is -0.0900. The number of aliphatic hydroxyl groups is 1. The van der Waals surface area contributed by atoms with Gasteiger partial charge < -0.3 is 5.11 Å². The van der Waals surface area contributed by atoms with Crippen molar-refractivity contribution in [3.63, 3.8) is 0 Å². The monoisotopic (exact) mass is 261 g/mol. The highest BCUT2D eigenvalue weighted by Gasteiger charge is 1.96. The molecule has 0 aliphatic rings. The minimum Gasteiger partial charge on any atom is -0.396 e. The summed E-state index contributed by atoms with van der Waals surface area (Å²) in [5.74, 6) is 0. The molecule has 0 atom stereocenters. The Bertz CT molecular complexity index is 223. The Morgan fingerprint density at radius 3 is 2.73 bits per heavy atom. The van der Waals surface area contributed by atoms with Gasteiger partial charge in [0.25, 0.3) is 0 Å². The average Bonchev–Trinajstić information content (AvgIpc) is 2.03. The van der Waals surface area contributed by atoms with Crippen molar-refractivity contribution in [1.29, 1.82) is 0 Å². The topological polar surface area (TPSA) is 20.2 Å². The predicted octanol–water partition coefficient (Wildman–Crippen LogP) is 2.03.